The fraction of sp³-hybridized carbons (Fsp3) is 0.800. The molecule has 0 aliphatic carbocycles. The molecule has 0 radical (unpaired) electrons. The van der Waals surface area contributed by atoms with Gasteiger partial charge in [-0.25, -0.2) is 0 Å². The minimum absolute atomic E-state index is 0. The smallest absolute Gasteiger partial charge is 0.549 e. The molecule has 2 N–H and O–H groups in total. The van der Waals surface area contributed by atoms with Crippen molar-refractivity contribution in [1.29, 1.82) is 0 Å². The quantitative estimate of drug-likeness (QED) is 0.428. The van der Waals surface area contributed by atoms with Crippen LogP contribution in [0.4, 0.5) is 0 Å². The Hall–Kier alpha value is -1.09. The molecule has 0 aromatic heterocycles. The Kier molecular flexibility index (Phi) is 25.1. The topological polar surface area (TPSA) is 155 Å². The minimum atomic E-state index is -1.27. The number of ketones is 2. The molecule has 8 nitrogen and oxygen atoms in total. The maximum Gasteiger partial charge on any atom is 2.00 e. The van der Waals surface area contributed by atoms with Gasteiger partial charge in [0.05, 0.1) is 35.0 Å². The van der Waals surface area contributed by atoms with E-state index >= 15 is 0 Å². The van der Waals surface area contributed by atoms with Crippen LogP contribution in [0.15, 0.2) is 0 Å². The molecule has 0 spiro atoms. The number of rotatable bonds is 6. The van der Waals surface area contributed by atoms with E-state index in [1.165, 1.54) is 13.8 Å². The molecule has 2 unspecified atom stereocenters. The van der Waals surface area contributed by atoms with Crippen molar-refractivity contribution >= 4 is 23.5 Å². The van der Waals surface area contributed by atoms with Crippen LogP contribution in [0.3, 0.4) is 0 Å². The molecular weight excluding hydrogens is 416 g/mol. The first-order chi connectivity index (χ1) is 12.2. The number of aliphatic hydroxyl groups is 2. The van der Waals surface area contributed by atoms with E-state index in [0.29, 0.717) is 12.8 Å². The van der Waals surface area contributed by atoms with Gasteiger partial charge in [-0.3, -0.25) is 9.59 Å². The zero-order valence-corrected chi connectivity index (χ0v) is 21.0. The van der Waals surface area contributed by atoms with Crippen molar-refractivity contribution in [2.75, 3.05) is 0 Å². The number of carbonyl (C=O) groups excluding carboxylic acids is 4. The summed E-state index contributed by atoms with van der Waals surface area (Å²) < 4.78 is 0. The normalized spacial score (nSPS) is 12.0. The van der Waals surface area contributed by atoms with Crippen molar-refractivity contribution in [3.05, 3.63) is 0 Å². The standard InChI is InChI=1S/2C6H10O3.2C4H10O.Ti/c2*1-3-5(4(2)7)6(8)9;2*1-4(2,3)5;/h2*5H,3H2,1-2H3,(H,8,9);2*5H,1-3H3;/q;;;;+2/p-2. The zero-order valence-electron chi connectivity index (χ0n) is 19.4. The Morgan fingerprint density at radius 3 is 0.828 bits per heavy atom. The minimum Gasteiger partial charge on any atom is -0.549 e. The third-order valence-corrected chi connectivity index (χ3v) is 2.37. The molecule has 0 aromatic carbocycles. The Balaban J connectivity index is -0.0000000907. The first kappa shape index (κ1) is 38.5. The second-order valence-corrected chi connectivity index (χ2v) is 8.12. The first-order valence-electron chi connectivity index (χ1n) is 9.06. The van der Waals surface area contributed by atoms with Crippen molar-refractivity contribution in [2.45, 2.75) is 93.3 Å². The monoisotopic (exact) mass is 454 g/mol. The van der Waals surface area contributed by atoms with Crippen molar-refractivity contribution in [2.24, 2.45) is 11.8 Å². The van der Waals surface area contributed by atoms with Crippen LogP contribution < -0.4 is 10.2 Å². The summed E-state index contributed by atoms with van der Waals surface area (Å²) in [6, 6.07) is 0. The largest absolute Gasteiger partial charge is 2.00 e. The van der Waals surface area contributed by atoms with Crippen LogP contribution in [0.25, 0.3) is 0 Å². The summed E-state index contributed by atoms with van der Waals surface area (Å²) in [4.78, 5) is 40.9. The van der Waals surface area contributed by atoms with Gasteiger partial charge >= 0.3 is 21.7 Å². The Labute approximate surface area is 190 Å². The van der Waals surface area contributed by atoms with Crippen molar-refractivity contribution in [3.63, 3.8) is 0 Å². The Bertz CT molecular complexity index is 392. The van der Waals surface area contributed by atoms with Crippen LogP contribution in [0.1, 0.15) is 82.1 Å². The maximum absolute atomic E-state index is 10.4. The summed E-state index contributed by atoms with van der Waals surface area (Å²) in [6.45, 7) is 16.2. The van der Waals surface area contributed by atoms with E-state index in [9.17, 15) is 29.4 Å². The van der Waals surface area contributed by atoms with Gasteiger partial charge in [0.2, 0.25) is 0 Å². The number of aliphatic carboxylic acids is 2. The van der Waals surface area contributed by atoms with Crippen LogP contribution in [-0.4, -0.2) is 44.9 Å². The summed E-state index contributed by atoms with van der Waals surface area (Å²) >= 11 is 0. The van der Waals surface area contributed by atoms with E-state index in [-0.39, 0.29) is 33.3 Å². The third-order valence-electron chi connectivity index (χ3n) is 2.37. The number of carboxylic acid groups (broad SMARTS) is 2. The molecule has 0 fully saturated rings. The van der Waals surface area contributed by atoms with Crippen LogP contribution in [0.2, 0.25) is 0 Å². The van der Waals surface area contributed by atoms with Gasteiger partial charge in [-0.05, 0) is 68.2 Å². The third kappa shape index (κ3) is 46.7. The van der Waals surface area contributed by atoms with E-state index in [4.69, 9.17) is 10.2 Å². The fourth-order valence-corrected chi connectivity index (χ4v) is 1.24. The second-order valence-electron chi connectivity index (χ2n) is 8.12. The van der Waals surface area contributed by atoms with Crippen molar-refractivity contribution in [3.8, 4) is 0 Å². The number of hydrogen-bond donors (Lipinski definition) is 2. The van der Waals surface area contributed by atoms with Gasteiger partial charge in [0.15, 0.2) is 0 Å². The van der Waals surface area contributed by atoms with Crippen LogP contribution >= 0.6 is 0 Å². The Morgan fingerprint density at radius 2 is 0.828 bits per heavy atom. The van der Waals surface area contributed by atoms with E-state index in [1.54, 1.807) is 55.4 Å². The van der Waals surface area contributed by atoms with Crippen LogP contribution in [0.5, 0.6) is 0 Å². The molecule has 9 heteroatoms. The van der Waals surface area contributed by atoms with E-state index in [1.807, 2.05) is 0 Å². The SMILES string of the molecule is CC(C)(C)O.CC(C)(C)O.CCC(C(C)=O)C(=O)[O-].CCC(C(C)=O)C(=O)[O-].[Ti+2]. The van der Waals surface area contributed by atoms with Gasteiger partial charge in [-0.15, -0.1) is 0 Å². The molecule has 0 aliphatic rings. The molecule has 0 saturated heterocycles. The first-order valence-corrected chi connectivity index (χ1v) is 9.06. The number of carbonyl (C=O) groups is 4. The van der Waals surface area contributed by atoms with Gasteiger partial charge in [-0.2, -0.15) is 0 Å². The van der Waals surface area contributed by atoms with E-state index < -0.39 is 35.0 Å². The molecule has 0 saturated carbocycles. The van der Waals surface area contributed by atoms with Crippen LogP contribution in [-0.2, 0) is 40.9 Å². The predicted octanol–water partition coefficient (Wildman–Crippen LogP) is 0.255. The van der Waals surface area contributed by atoms with Crippen molar-refractivity contribution in [1.82, 2.24) is 0 Å². The number of carboxylic acids is 2. The molecule has 0 amide bonds. The molecule has 2 atom stereocenters. The van der Waals surface area contributed by atoms with Gasteiger partial charge in [-0.1, -0.05) is 13.8 Å². The van der Waals surface area contributed by atoms with Gasteiger partial charge in [0.1, 0.15) is 11.6 Å². The Morgan fingerprint density at radius 1 is 0.690 bits per heavy atom. The zero-order chi connectivity index (χ0) is 23.9. The molecule has 0 heterocycles. The van der Waals surface area contributed by atoms with Gasteiger partial charge < -0.3 is 30.0 Å². The predicted molar refractivity (Wildman–Crippen MR) is 103 cm³/mol. The average molecular weight is 454 g/mol. The molecular formula is C20H38O8Ti. The molecule has 0 bridgehead atoms. The molecule has 170 valence electrons. The number of Topliss-reactive ketones (excluding diaryl/α,β-unsaturated/α-hetero) is 2. The molecule has 29 heavy (non-hydrogen) atoms. The van der Waals surface area contributed by atoms with E-state index in [2.05, 4.69) is 0 Å². The maximum atomic E-state index is 10.4. The fourth-order valence-electron chi connectivity index (χ4n) is 1.24. The number of hydrogen-bond acceptors (Lipinski definition) is 8. The average Bonchev–Trinajstić information content (AvgIpc) is 2.34. The second kappa shape index (κ2) is 18.9. The molecule has 0 aromatic rings. The summed E-state index contributed by atoms with van der Waals surface area (Å²) in [5, 5.41) is 37.1. The molecule has 0 rings (SSSR count). The van der Waals surface area contributed by atoms with Crippen molar-refractivity contribution < 1.29 is 61.3 Å². The summed E-state index contributed by atoms with van der Waals surface area (Å²) in [6.07, 6.45) is 0.634. The van der Waals surface area contributed by atoms with Gasteiger partial charge in [0, 0.05) is 0 Å². The van der Waals surface area contributed by atoms with Gasteiger partial charge in [0.25, 0.3) is 0 Å². The summed E-state index contributed by atoms with van der Waals surface area (Å²) in [5.74, 6) is -5.04. The summed E-state index contributed by atoms with van der Waals surface area (Å²) in [7, 11) is 0. The van der Waals surface area contributed by atoms with E-state index in [0.717, 1.165) is 0 Å². The van der Waals surface area contributed by atoms with Crippen LogP contribution in [0, 0.1) is 11.8 Å². The summed E-state index contributed by atoms with van der Waals surface area (Å²) in [5.41, 5.74) is -1.00. The molecule has 0 aliphatic heterocycles.